The molecule has 1 aromatic carbocycles. The van der Waals surface area contributed by atoms with E-state index in [2.05, 4.69) is 16.3 Å². The van der Waals surface area contributed by atoms with Gasteiger partial charge in [0.1, 0.15) is 0 Å². The van der Waals surface area contributed by atoms with Gasteiger partial charge in [0.05, 0.1) is 22.4 Å². The van der Waals surface area contributed by atoms with Crippen LogP contribution in [0.5, 0.6) is 0 Å². The van der Waals surface area contributed by atoms with E-state index in [0.717, 1.165) is 38.4 Å². The molecule has 0 atom stereocenters. The molecule has 0 radical (unpaired) electrons. The molecule has 2 aromatic rings. The summed E-state index contributed by atoms with van der Waals surface area (Å²) in [5.74, 6) is -0.165. The van der Waals surface area contributed by atoms with Crippen molar-refractivity contribution >= 4 is 34.6 Å². The molecule has 1 aromatic heterocycles. The zero-order valence-electron chi connectivity index (χ0n) is 15.1. The molecule has 0 bridgehead atoms. The summed E-state index contributed by atoms with van der Waals surface area (Å²) in [5.41, 5.74) is 2.32. The number of amides is 1. The van der Waals surface area contributed by atoms with Gasteiger partial charge in [0.15, 0.2) is 5.78 Å². The molecule has 5 nitrogen and oxygen atoms in total. The standard InChI is InChI=1S/C20H23ClN2O3S/c21-19-7-6-18(27-19)17(24)5-8-20(25)22-13-15-3-1-2-4-16(15)14-23-9-11-26-12-10-23/h1-4,6-7H,5,8-14H2,(H,22,25). The molecule has 2 heterocycles. The van der Waals surface area contributed by atoms with Gasteiger partial charge in [-0.1, -0.05) is 35.9 Å². The summed E-state index contributed by atoms with van der Waals surface area (Å²) in [4.78, 5) is 27.2. The molecule has 27 heavy (non-hydrogen) atoms. The van der Waals surface area contributed by atoms with Crippen LogP contribution in [0.2, 0.25) is 4.34 Å². The van der Waals surface area contributed by atoms with E-state index in [0.29, 0.717) is 15.8 Å². The van der Waals surface area contributed by atoms with Crippen molar-refractivity contribution in [3.05, 3.63) is 56.7 Å². The van der Waals surface area contributed by atoms with Crippen LogP contribution >= 0.6 is 22.9 Å². The highest BCUT2D eigenvalue weighted by Gasteiger charge is 2.14. The Bertz CT molecular complexity index is 787. The molecule has 1 saturated heterocycles. The van der Waals surface area contributed by atoms with Gasteiger partial charge in [-0.15, -0.1) is 11.3 Å². The van der Waals surface area contributed by atoms with Gasteiger partial charge in [0.25, 0.3) is 0 Å². The molecule has 7 heteroatoms. The number of thiophene rings is 1. The van der Waals surface area contributed by atoms with Crippen molar-refractivity contribution in [2.75, 3.05) is 26.3 Å². The maximum Gasteiger partial charge on any atom is 0.220 e. The minimum absolute atomic E-state index is 0.0465. The summed E-state index contributed by atoms with van der Waals surface area (Å²) < 4.78 is 5.98. The Kier molecular flexibility index (Phi) is 7.41. The summed E-state index contributed by atoms with van der Waals surface area (Å²) in [6.07, 6.45) is 0.373. The molecule has 144 valence electrons. The fourth-order valence-electron chi connectivity index (χ4n) is 2.98. The number of hydrogen-bond donors (Lipinski definition) is 1. The Labute approximate surface area is 168 Å². The van der Waals surface area contributed by atoms with Crippen LogP contribution in [0.3, 0.4) is 0 Å². The van der Waals surface area contributed by atoms with Crippen LogP contribution < -0.4 is 5.32 Å². The number of nitrogens with one attached hydrogen (secondary N) is 1. The molecule has 0 unspecified atom stereocenters. The van der Waals surface area contributed by atoms with Gasteiger partial charge in [-0.3, -0.25) is 14.5 Å². The molecular formula is C20H23ClN2O3S. The van der Waals surface area contributed by atoms with E-state index in [4.69, 9.17) is 16.3 Å². The number of morpholine rings is 1. The van der Waals surface area contributed by atoms with Crippen LogP contribution in [-0.2, 0) is 22.6 Å². The third-order valence-corrected chi connectivity index (χ3v) is 5.79. The molecule has 3 rings (SSSR count). The number of ether oxygens (including phenoxy) is 1. The van der Waals surface area contributed by atoms with Gasteiger partial charge >= 0.3 is 0 Å². The van der Waals surface area contributed by atoms with E-state index in [1.165, 1.54) is 16.9 Å². The van der Waals surface area contributed by atoms with Gasteiger partial charge in [-0.25, -0.2) is 0 Å². The molecular weight excluding hydrogens is 384 g/mol. The largest absolute Gasteiger partial charge is 0.379 e. The van der Waals surface area contributed by atoms with Crippen molar-refractivity contribution in [3.8, 4) is 0 Å². The fourth-order valence-corrected chi connectivity index (χ4v) is 3.99. The topological polar surface area (TPSA) is 58.6 Å². The normalized spacial score (nSPS) is 14.9. The number of rotatable bonds is 8. The maximum atomic E-state index is 12.1. The maximum absolute atomic E-state index is 12.1. The second-order valence-corrected chi connectivity index (χ2v) is 8.18. The van der Waals surface area contributed by atoms with Gasteiger partial charge in [-0.05, 0) is 23.3 Å². The van der Waals surface area contributed by atoms with Crippen molar-refractivity contribution in [1.82, 2.24) is 10.2 Å². The minimum atomic E-state index is -0.118. The van der Waals surface area contributed by atoms with Crippen molar-refractivity contribution in [1.29, 1.82) is 0 Å². The van der Waals surface area contributed by atoms with Crippen molar-refractivity contribution in [2.45, 2.75) is 25.9 Å². The first-order valence-corrected chi connectivity index (χ1v) is 10.2. The Hall–Kier alpha value is -1.73. The quantitative estimate of drug-likeness (QED) is 0.681. The summed E-state index contributed by atoms with van der Waals surface area (Å²) in [7, 11) is 0. The van der Waals surface area contributed by atoms with Crippen LogP contribution in [0.4, 0.5) is 0 Å². The molecule has 0 spiro atoms. The highest BCUT2D eigenvalue weighted by atomic mass is 35.5. The van der Waals surface area contributed by atoms with Gasteiger partial charge in [0, 0.05) is 39.0 Å². The smallest absolute Gasteiger partial charge is 0.220 e. The summed E-state index contributed by atoms with van der Waals surface area (Å²) in [6.45, 7) is 4.71. The average molecular weight is 407 g/mol. The van der Waals surface area contributed by atoms with Crippen LogP contribution in [0, 0.1) is 0 Å². The number of Topliss-reactive ketones (excluding diaryl/α,β-unsaturated/α-hetero) is 1. The lowest BCUT2D eigenvalue weighted by Gasteiger charge is -2.27. The Morgan fingerprint density at radius 3 is 2.52 bits per heavy atom. The highest BCUT2D eigenvalue weighted by Crippen LogP contribution is 2.23. The third kappa shape index (κ3) is 6.14. The highest BCUT2D eigenvalue weighted by molar-refractivity contribution is 7.18. The van der Waals surface area contributed by atoms with E-state index in [1.807, 2.05) is 18.2 Å². The fraction of sp³-hybridized carbons (Fsp3) is 0.400. The molecule has 1 aliphatic heterocycles. The second kappa shape index (κ2) is 9.99. The van der Waals surface area contributed by atoms with Gasteiger partial charge < -0.3 is 10.1 Å². The zero-order valence-corrected chi connectivity index (χ0v) is 16.7. The van der Waals surface area contributed by atoms with E-state index in [1.54, 1.807) is 12.1 Å². The molecule has 1 aliphatic rings. The average Bonchev–Trinajstić information content (AvgIpc) is 3.13. The Morgan fingerprint density at radius 1 is 1.07 bits per heavy atom. The van der Waals surface area contributed by atoms with Gasteiger partial charge in [-0.2, -0.15) is 0 Å². The number of halogens is 1. The van der Waals surface area contributed by atoms with Crippen molar-refractivity contribution in [3.63, 3.8) is 0 Å². The Morgan fingerprint density at radius 2 is 1.81 bits per heavy atom. The van der Waals surface area contributed by atoms with Crippen molar-refractivity contribution < 1.29 is 14.3 Å². The zero-order chi connectivity index (χ0) is 19.1. The number of nitrogens with zero attached hydrogens (tertiary/aromatic N) is 1. The lowest BCUT2D eigenvalue weighted by atomic mass is 10.1. The summed E-state index contributed by atoms with van der Waals surface area (Å²) in [5, 5.41) is 2.93. The molecule has 1 N–H and O–H groups in total. The lowest BCUT2D eigenvalue weighted by Crippen LogP contribution is -2.36. The molecule has 1 amide bonds. The molecule has 0 aliphatic carbocycles. The van der Waals surface area contributed by atoms with Crippen LogP contribution in [0.1, 0.15) is 33.6 Å². The summed E-state index contributed by atoms with van der Waals surface area (Å²) >= 11 is 7.09. The van der Waals surface area contributed by atoms with E-state index >= 15 is 0 Å². The third-order valence-electron chi connectivity index (χ3n) is 4.52. The van der Waals surface area contributed by atoms with Crippen LogP contribution in [0.25, 0.3) is 0 Å². The predicted molar refractivity (Wildman–Crippen MR) is 107 cm³/mol. The predicted octanol–water partition coefficient (Wildman–Crippen LogP) is 3.51. The first-order valence-electron chi connectivity index (χ1n) is 9.04. The second-order valence-electron chi connectivity index (χ2n) is 6.46. The lowest BCUT2D eigenvalue weighted by molar-refractivity contribution is -0.121. The van der Waals surface area contributed by atoms with Crippen LogP contribution in [-0.4, -0.2) is 42.9 Å². The van der Waals surface area contributed by atoms with E-state index in [-0.39, 0.29) is 24.5 Å². The summed E-state index contributed by atoms with van der Waals surface area (Å²) in [6, 6.07) is 11.5. The van der Waals surface area contributed by atoms with Crippen LogP contribution in [0.15, 0.2) is 36.4 Å². The first-order chi connectivity index (χ1) is 13.1. The number of benzene rings is 1. The monoisotopic (exact) mass is 406 g/mol. The van der Waals surface area contributed by atoms with Crippen molar-refractivity contribution in [2.24, 2.45) is 0 Å². The molecule has 1 fully saturated rings. The molecule has 0 saturated carbocycles. The Balaban J connectivity index is 1.47. The van der Waals surface area contributed by atoms with E-state index < -0.39 is 0 Å². The number of carbonyl (C=O) groups excluding carboxylic acids is 2. The first kappa shape index (κ1) is 20.0. The number of hydrogen-bond acceptors (Lipinski definition) is 5. The number of ketones is 1. The SMILES string of the molecule is O=C(CCC(=O)c1ccc(Cl)s1)NCc1ccccc1CN1CCOCC1. The minimum Gasteiger partial charge on any atom is -0.379 e. The number of carbonyl (C=O) groups is 2. The van der Waals surface area contributed by atoms with Gasteiger partial charge in [0.2, 0.25) is 5.91 Å². The van der Waals surface area contributed by atoms with E-state index in [9.17, 15) is 9.59 Å².